The zero-order valence-corrected chi connectivity index (χ0v) is 21.6. The fourth-order valence-electron chi connectivity index (χ4n) is 4.62. The lowest BCUT2D eigenvalue weighted by Crippen LogP contribution is -2.48. The number of H-pyrrole nitrogens is 1. The van der Waals surface area contributed by atoms with Crippen LogP contribution in [0.2, 0.25) is 0 Å². The van der Waals surface area contributed by atoms with E-state index in [-0.39, 0.29) is 4.90 Å². The average Bonchev–Trinajstić information content (AvgIpc) is 3.38. The highest BCUT2D eigenvalue weighted by molar-refractivity contribution is 7.89. The number of rotatable bonds is 6. The predicted molar refractivity (Wildman–Crippen MR) is 145 cm³/mol. The van der Waals surface area contributed by atoms with Gasteiger partial charge in [-0.2, -0.15) is 4.31 Å². The molecular weight excluding hydrogens is 490 g/mol. The Bertz CT molecular complexity index is 1680. The predicted octanol–water partition coefficient (Wildman–Crippen LogP) is 2.25. The van der Waals surface area contributed by atoms with E-state index in [4.69, 9.17) is 0 Å². The van der Waals surface area contributed by atoms with Gasteiger partial charge in [-0.3, -0.25) is 18.8 Å². The first-order valence-electron chi connectivity index (χ1n) is 12.1. The summed E-state index contributed by atoms with van der Waals surface area (Å²) in [5.74, 6) is 0. The van der Waals surface area contributed by atoms with Crippen LogP contribution >= 0.6 is 0 Å². The number of fused-ring (bicyclic) bond motifs is 1. The maximum Gasteiger partial charge on any atom is 0.331 e. The molecule has 2 aromatic heterocycles. The standard InChI is InChI=1S/C27H29N5O4S/c1-29-24-19-23(28-25(24)26(33)30(2)27(29)34)21-10-12-22(13-11-21)37(35,36)32-17-15-31(16-18-32)14-6-9-20-7-4-3-5-8-20/h3-13,19,28H,14-18H2,1-2H3/b9-6+. The molecule has 192 valence electrons. The van der Waals surface area contributed by atoms with Crippen LogP contribution in [0.4, 0.5) is 0 Å². The molecule has 0 amide bonds. The number of nitrogens with one attached hydrogen (secondary N) is 1. The Labute approximate surface area is 214 Å². The minimum atomic E-state index is -3.62. The van der Waals surface area contributed by atoms with Crippen LogP contribution in [0.3, 0.4) is 0 Å². The third-order valence-electron chi connectivity index (χ3n) is 6.86. The molecule has 1 aliphatic heterocycles. The summed E-state index contributed by atoms with van der Waals surface area (Å²) < 4.78 is 30.5. The van der Waals surface area contributed by atoms with E-state index in [2.05, 4.69) is 22.0 Å². The Hall–Kier alpha value is -3.73. The molecule has 0 atom stereocenters. The molecule has 4 aromatic rings. The third-order valence-corrected chi connectivity index (χ3v) is 8.77. The van der Waals surface area contributed by atoms with Gasteiger partial charge in [-0.05, 0) is 29.3 Å². The first kappa shape index (κ1) is 24.9. The van der Waals surface area contributed by atoms with E-state index in [1.165, 1.54) is 15.9 Å². The molecule has 5 rings (SSSR count). The first-order chi connectivity index (χ1) is 17.8. The summed E-state index contributed by atoms with van der Waals surface area (Å²) >= 11 is 0. The fraction of sp³-hybridized carbons (Fsp3) is 0.259. The number of sulfonamides is 1. The molecule has 0 radical (unpaired) electrons. The van der Waals surface area contributed by atoms with Crippen LogP contribution in [0.25, 0.3) is 28.4 Å². The topological polar surface area (TPSA) is 100 Å². The second-order valence-electron chi connectivity index (χ2n) is 9.19. The molecule has 3 heterocycles. The Morgan fingerprint density at radius 1 is 0.892 bits per heavy atom. The van der Waals surface area contributed by atoms with Gasteiger partial charge in [0.05, 0.1) is 10.4 Å². The Morgan fingerprint density at radius 2 is 1.57 bits per heavy atom. The van der Waals surface area contributed by atoms with Crippen molar-refractivity contribution in [1.29, 1.82) is 0 Å². The number of aromatic amines is 1. The molecule has 0 spiro atoms. The number of benzene rings is 2. The van der Waals surface area contributed by atoms with Gasteiger partial charge < -0.3 is 4.98 Å². The van der Waals surface area contributed by atoms with E-state index in [1.807, 2.05) is 30.3 Å². The van der Waals surface area contributed by atoms with Gasteiger partial charge in [-0.15, -0.1) is 0 Å². The summed E-state index contributed by atoms with van der Waals surface area (Å²) in [6.45, 7) is 2.97. The highest BCUT2D eigenvalue weighted by Crippen LogP contribution is 2.25. The minimum Gasteiger partial charge on any atom is -0.349 e. The quantitative estimate of drug-likeness (QED) is 0.421. The van der Waals surface area contributed by atoms with E-state index in [0.717, 1.165) is 22.2 Å². The van der Waals surface area contributed by atoms with Crippen LogP contribution in [0.15, 0.2) is 81.2 Å². The van der Waals surface area contributed by atoms with Gasteiger partial charge >= 0.3 is 5.69 Å². The number of piperazine rings is 1. The van der Waals surface area contributed by atoms with Gasteiger partial charge in [0, 0.05) is 52.5 Å². The number of aromatic nitrogens is 3. The molecular formula is C27H29N5O4S. The van der Waals surface area contributed by atoms with E-state index in [0.29, 0.717) is 42.9 Å². The van der Waals surface area contributed by atoms with Gasteiger partial charge in [0.25, 0.3) is 5.56 Å². The fourth-order valence-corrected chi connectivity index (χ4v) is 6.04. The van der Waals surface area contributed by atoms with E-state index in [9.17, 15) is 18.0 Å². The summed E-state index contributed by atoms with van der Waals surface area (Å²) in [6.07, 6.45) is 4.19. The lowest BCUT2D eigenvalue weighted by atomic mass is 10.1. The molecule has 0 bridgehead atoms. The number of hydrogen-bond acceptors (Lipinski definition) is 5. The summed E-state index contributed by atoms with van der Waals surface area (Å²) in [5.41, 5.74) is 2.51. The maximum absolute atomic E-state index is 13.2. The second kappa shape index (κ2) is 9.97. The molecule has 1 fully saturated rings. The molecule has 1 aliphatic rings. The van der Waals surface area contributed by atoms with Crippen LogP contribution in [-0.4, -0.2) is 64.5 Å². The van der Waals surface area contributed by atoms with Crippen LogP contribution in [-0.2, 0) is 24.1 Å². The van der Waals surface area contributed by atoms with Gasteiger partial charge in [-0.25, -0.2) is 13.2 Å². The number of aryl methyl sites for hydroxylation is 1. The summed E-state index contributed by atoms with van der Waals surface area (Å²) in [6, 6.07) is 18.4. The van der Waals surface area contributed by atoms with E-state index in [1.54, 1.807) is 37.4 Å². The molecule has 0 unspecified atom stereocenters. The third kappa shape index (κ3) is 4.83. The van der Waals surface area contributed by atoms with Crippen molar-refractivity contribution in [3.8, 4) is 11.3 Å². The normalized spacial score (nSPS) is 15.6. The zero-order valence-electron chi connectivity index (χ0n) is 20.8. The van der Waals surface area contributed by atoms with Crippen LogP contribution in [0, 0.1) is 0 Å². The van der Waals surface area contributed by atoms with Crippen molar-refractivity contribution < 1.29 is 8.42 Å². The van der Waals surface area contributed by atoms with Gasteiger partial charge in [-0.1, -0.05) is 54.6 Å². The van der Waals surface area contributed by atoms with E-state index >= 15 is 0 Å². The Kier molecular flexibility index (Phi) is 6.72. The maximum atomic E-state index is 13.2. The molecule has 2 aromatic carbocycles. The van der Waals surface area contributed by atoms with Crippen molar-refractivity contribution in [2.75, 3.05) is 32.7 Å². The highest BCUT2D eigenvalue weighted by atomic mass is 32.2. The van der Waals surface area contributed by atoms with Crippen molar-refractivity contribution in [2.24, 2.45) is 14.1 Å². The van der Waals surface area contributed by atoms with Crippen molar-refractivity contribution in [1.82, 2.24) is 23.3 Å². The van der Waals surface area contributed by atoms with Gasteiger partial charge in [0.2, 0.25) is 10.0 Å². The van der Waals surface area contributed by atoms with Gasteiger partial charge in [0.15, 0.2) is 0 Å². The molecule has 10 heteroatoms. The molecule has 0 saturated carbocycles. The molecule has 0 aliphatic carbocycles. The second-order valence-corrected chi connectivity index (χ2v) is 11.1. The average molecular weight is 520 g/mol. The van der Waals surface area contributed by atoms with Crippen molar-refractivity contribution in [2.45, 2.75) is 4.90 Å². The monoisotopic (exact) mass is 519 g/mol. The van der Waals surface area contributed by atoms with Gasteiger partial charge in [0.1, 0.15) is 5.52 Å². The zero-order chi connectivity index (χ0) is 26.2. The Morgan fingerprint density at radius 3 is 2.24 bits per heavy atom. The van der Waals surface area contributed by atoms with Crippen LogP contribution in [0.1, 0.15) is 5.56 Å². The Balaban J connectivity index is 1.27. The molecule has 1 N–H and O–H groups in total. The van der Waals surface area contributed by atoms with Crippen molar-refractivity contribution >= 4 is 27.1 Å². The lowest BCUT2D eigenvalue weighted by Gasteiger charge is -2.33. The minimum absolute atomic E-state index is 0.230. The smallest absolute Gasteiger partial charge is 0.331 e. The van der Waals surface area contributed by atoms with Crippen molar-refractivity contribution in [3.05, 3.63) is 93.1 Å². The largest absolute Gasteiger partial charge is 0.349 e. The number of nitrogens with zero attached hydrogens (tertiary/aromatic N) is 4. The lowest BCUT2D eigenvalue weighted by molar-refractivity contribution is 0.204. The molecule has 37 heavy (non-hydrogen) atoms. The highest BCUT2D eigenvalue weighted by Gasteiger charge is 2.28. The SMILES string of the molecule is Cn1c(=O)c2[nH]c(-c3ccc(S(=O)(=O)N4CCN(C/C=C/c5ccccc5)CC4)cc3)cc2n(C)c1=O. The molecule has 9 nitrogen and oxygen atoms in total. The van der Waals surface area contributed by atoms with E-state index < -0.39 is 21.3 Å². The summed E-state index contributed by atoms with van der Waals surface area (Å²) in [5, 5.41) is 0. The number of hydrogen-bond donors (Lipinski definition) is 1. The summed E-state index contributed by atoms with van der Waals surface area (Å²) in [4.78, 5) is 30.2. The van der Waals surface area contributed by atoms with Crippen molar-refractivity contribution in [3.63, 3.8) is 0 Å². The van der Waals surface area contributed by atoms with Crippen LogP contribution < -0.4 is 11.2 Å². The van der Waals surface area contributed by atoms with Crippen LogP contribution in [0.5, 0.6) is 0 Å². The molecule has 1 saturated heterocycles. The first-order valence-corrected chi connectivity index (χ1v) is 13.5. The summed E-state index contributed by atoms with van der Waals surface area (Å²) in [7, 11) is -0.574.